The van der Waals surface area contributed by atoms with Crippen LogP contribution in [0.1, 0.15) is 17.7 Å². The second-order valence-corrected chi connectivity index (χ2v) is 7.26. The molecule has 2 aromatic heterocycles. The number of hydrogen-bond donors (Lipinski definition) is 1. The Morgan fingerprint density at radius 2 is 2.07 bits per heavy atom. The second kappa shape index (κ2) is 6.86. The summed E-state index contributed by atoms with van der Waals surface area (Å²) in [5, 5.41) is 19.8. The summed E-state index contributed by atoms with van der Waals surface area (Å²) < 4.78 is 2.06. The SMILES string of the molecule is N#CN1Cc2c(Nc3cc4ccccc4cn3)nn(CC3C=CC=CC3)c2C1. The van der Waals surface area contributed by atoms with E-state index in [0.717, 1.165) is 46.6 Å². The van der Waals surface area contributed by atoms with E-state index in [1.165, 1.54) is 0 Å². The number of benzene rings is 1. The van der Waals surface area contributed by atoms with E-state index in [1.54, 1.807) is 4.90 Å². The molecule has 6 nitrogen and oxygen atoms in total. The predicted octanol–water partition coefficient (Wildman–Crippen LogP) is 4.10. The van der Waals surface area contributed by atoms with Gasteiger partial charge in [-0.2, -0.15) is 10.4 Å². The molecule has 0 spiro atoms. The quantitative estimate of drug-likeness (QED) is 0.702. The minimum atomic E-state index is 0.428. The Bertz CT molecular complexity index is 1130. The number of allylic oxidation sites excluding steroid dienone is 4. The zero-order valence-corrected chi connectivity index (χ0v) is 15.4. The van der Waals surface area contributed by atoms with Crippen molar-refractivity contribution in [1.82, 2.24) is 19.7 Å². The van der Waals surface area contributed by atoms with Crippen molar-refractivity contribution in [2.24, 2.45) is 5.92 Å². The molecule has 0 saturated heterocycles. The van der Waals surface area contributed by atoms with Gasteiger partial charge in [-0.15, -0.1) is 0 Å². The Morgan fingerprint density at radius 1 is 1.18 bits per heavy atom. The van der Waals surface area contributed by atoms with Gasteiger partial charge in [0.2, 0.25) is 0 Å². The molecule has 1 aliphatic heterocycles. The Balaban J connectivity index is 1.46. The van der Waals surface area contributed by atoms with Crippen molar-refractivity contribution in [1.29, 1.82) is 5.26 Å². The minimum Gasteiger partial charge on any atom is -0.323 e. The zero-order valence-electron chi connectivity index (χ0n) is 15.4. The summed E-state index contributed by atoms with van der Waals surface area (Å²) in [5.74, 6) is 1.99. The average Bonchev–Trinajstić information content (AvgIpc) is 3.29. The summed E-state index contributed by atoms with van der Waals surface area (Å²) in [5.41, 5.74) is 2.21. The first-order valence-corrected chi connectivity index (χ1v) is 9.48. The van der Waals surface area contributed by atoms with E-state index in [-0.39, 0.29) is 0 Å². The number of anilines is 2. The molecule has 0 fully saturated rings. The fourth-order valence-corrected chi connectivity index (χ4v) is 3.89. The zero-order chi connectivity index (χ0) is 18.9. The van der Waals surface area contributed by atoms with E-state index in [0.29, 0.717) is 19.0 Å². The highest BCUT2D eigenvalue weighted by atomic mass is 15.4. The molecule has 0 amide bonds. The molecule has 28 heavy (non-hydrogen) atoms. The second-order valence-electron chi connectivity index (χ2n) is 7.26. The van der Waals surface area contributed by atoms with E-state index in [4.69, 9.17) is 5.10 Å². The van der Waals surface area contributed by atoms with Crippen LogP contribution >= 0.6 is 0 Å². The molecule has 1 atom stereocenters. The van der Waals surface area contributed by atoms with Crippen molar-refractivity contribution in [2.45, 2.75) is 26.1 Å². The third-order valence-corrected chi connectivity index (χ3v) is 5.35. The molecule has 138 valence electrons. The lowest BCUT2D eigenvalue weighted by Crippen LogP contribution is -2.16. The normalized spacial score (nSPS) is 17.7. The van der Waals surface area contributed by atoms with Crippen LogP contribution in [-0.2, 0) is 19.6 Å². The first-order valence-electron chi connectivity index (χ1n) is 9.48. The molecule has 1 aromatic carbocycles. The molecule has 6 heteroatoms. The first kappa shape index (κ1) is 16.6. The van der Waals surface area contributed by atoms with Crippen LogP contribution < -0.4 is 5.32 Å². The maximum atomic E-state index is 9.36. The number of nitrogens with one attached hydrogen (secondary N) is 1. The summed E-state index contributed by atoms with van der Waals surface area (Å²) >= 11 is 0. The van der Waals surface area contributed by atoms with E-state index in [1.807, 2.05) is 24.4 Å². The van der Waals surface area contributed by atoms with Crippen molar-refractivity contribution >= 4 is 22.4 Å². The Kier molecular flexibility index (Phi) is 4.06. The fourth-order valence-electron chi connectivity index (χ4n) is 3.89. The molecule has 1 aliphatic carbocycles. The maximum absolute atomic E-state index is 9.36. The van der Waals surface area contributed by atoms with Gasteiger partial charge in [-0.1, -0.05) is 48.6 Å². The Hall–Kier alpha value is -3.59. The molecule has 0 bridgehead atoms. The highest BCUT2D eigenvalue weighted by Gasteiger charge is 2.28. The highest BCUT2D eigenvalue weighted by Crippen LogP contribution is 2.32. The minimum absolute atomic E-state index is 0.428. The average molecular weight is 368 g/mol. The van der Waals surface area contributed by atoms with Crippen molar-refractivity contribution < 1.29 is 0 Å². The third kappa shape index (κ3) is 3.01. The van der Waals surface area contributed by atoms with Gasteiger partial charge in [-0.05, 0) is 17.9 Å². The van der Waals surface area contributed by atoms with Gasteiger partial charge in [0.1, 0.15) is 5.82 Å². The largest absolute Gasteiger partial charge is 0.323 e. The molecule has 3 heterocycles. The van der Waals surface area contributed by atoms with Gasteiger partial charge in [0, 0.05) is 29.6 Å². The van der Waals surface area contributed by atoms with Crippen molar-refractivity contribution in [2.75, 3.05) is 5.32 Å². The predicted molar refractivity (Wildman–Crippen MR) is 108 cm³/mol. The summed E-state index contributed by atoms with van der Waals surface area (Å²) in [7, 11) is 0. The third-order valence-electron chi connectivity index (χ3n) is 5.35. The van der Waals surface area contributed by atoms with Crippen LogP contribution in [0.15, 0.2) is 60.8 Å². The summed E-state index contributed by atoms with van der Waals surface area (Å²) in [4.78, 5) is 6.29. The molecule has 5 rings (SSSR count). The van der Waals surface area contributed by atoms with Crippen LogP contribution in [0.4, 0.5) is 11.6 Å². The molecular formula is C22H20N6. The molecular weight excluding hydrogens is 348 g/mol. The van der Waals surface area contributed by atoms with Crippen LogP contribution in [0, 0.1) is 17.4 Å². The lowest BCUT2D eigenvalue weighted by Gasteiger charge is -2.15. The lowest BCUT2D eigenvalue weighted by molar-refractivity contribution is 0.392. The van der Waals surface area contributed by atoms with Crippen molar-refractivity contribution in [3.05, 3.63) is 72.1 Å². The molecule has 2 aliphatic rings. The fraction of sp³-hybridized carbons (Fsp3) is 0.227. The molecule has 1 unspecified atom stereocenters. The van der Waals surface area contributed by atoms with Gasteiger partial charge in [-0.25, -0.2) is 4.98 Å². The molecule has 3 aromatic rings. The highest BCUT2D eigenvalue weighted by molar-refractivity contribution is 5.84. The van der Waals surface area contributed by atoms with Gasteiger partial charge in [-0.3, -0.25) is 4.68 Å². The van der Waals surface area contributed by atoms with Crippen LogP contribution in [0.5, 0.6) is 0 Å². The monoisotopic (exact) mass is 368 g/mol. The van der Waals surface area contributed by atoms with Crippen molar-refractivity contribution in [3.8, 4) is 6.19 Å². The van der Waals surface area contributed by atoms with E-state index < -0.39 is 0 Å². The van der Waals surface area contributed by atoms with E-state index in [2.05, 4.69) is 57.6 Å². The van der Waals surface area contributed by atoms with Gasteiger partial charge in [0.25, 0.3) is 0 Å². The summed E-state index contributed by atoms with van der Waals surface area (Å²) in [6.45, 7) is 2.01. The number of nitrogens with zero attached hydrogens (tertiary/aromatic N) is 5. The van der Waals surface area contributed by atoms with Gasteiger partial charge in [0.05, 0.1) is 18.8 Å². The number of fused-ring (bicyclic) bond motifs is 2. The number of pyridine rings is 1. The number of hydrogen-bond acceptors (Lipinski definition) is 5. The molecule has 0 radical (unpaired) electrons. The maximum Gasteiger partial charge on any atom is 0.180 e. The lowest BCUT2D eigenvalue weighted by atomic mass is 10.0. The van der Waals surface area contributed by atoms with Gasteiger partial charge >= 0.3 is 0 Å². The molecule has 0 saturated carbocycles. The smallest absolute Gasteiger partial charge is 0.180 e. The first-order chi connectivity index (χ1) is 13.8. The van der Waals surface area contributed by atoms with Crippen LogP contribution in [0.25, 0.3) is 10.8 Å². The van der Waals surface area contributed by atoms with Crippen LogP contribution in [0.3, 0.4) is 0 Å². The summed E-state index contributed by atoms with van der Waals surface area (Å²) in [6.07, 6.45) is 13.7. The van der Waals surface area contributed by atoms with Gasteiger partial charge in [0.15, 0.2) is 12.0 Å². The Morgan fingerprint density at radius 3 is 2.89 bits per heavy atom. The topological polar surface area (TPSA) is 69.8 Å². The van der Waals surface area contributed by atoms with E-state index in [9.17, 15) is 5.26 Å². The van der Waals surface area contributed by atoms with Crippen LogP contribution in [0.2, 0.25) is 0 Å². The Labute approximate surface area is 163 Å². The molecule has 1 N–H and O–H groups in total. The standard InChI is InChI=1S/C22H20N6/c23-15-27-13-19-20(14-27)28(12-16-6-2-1-3-7-16)26-22(19)25-21-10-17-8-4-5-9-18(17)11-24-21/h1-6,8-11,16H,7,12-14H2,(H,24,25,26). The number of nitriles is 1. The van der Waals surface area contributed by atoms with Crippen LogP contribution in [-0.4, -0.2) is 19.7 Å². The van der Waals surface area contributed by atoms with Gasteiger partial charge < -0.3 is 10.2 Å². The summed E-state index contributed by atoms with van der Waals surface area (Å²) in [6, 6.07) is 10.2. The number of rotatable bonds is 4. The number of aromatic nitrogens is 3. The van der Waals surface area contributed by atoms with E-state index >= 15 is 0 Å². The van der Waals surface area contributed by atoms with Crippen molar-refractivity contribution in [3.63, 3.8) is 0 Å².